The summed E-state index contributed by atoms with van der Waals surface area (Å²) in [6.45, 7) is 1.33. The fourth-order valence-corrected chi connectivity index (χ4v) is 1.07. The summed E-state index contributed by atoms with van der Waals surface area (Å²) in [6, 6.07) is 2.58. The van der Waals surface area contributed by atoms with Crippen molar-refractivity contribution in [2.24, 2.45) is 0 Å². The number of hydrogen-bond acceptors (Lipinski definition) is 4. The maximum Gasteiger partial charge on any atom is 0.364 e. The van der Waals surface area contributed by atoms with Crippen LogP contribution in [0.5, 0.6) is 0 Å². The minimum Gasteiger partial charge on any atom is -0.358 e. The fraction of sp³-hybridized carbons (Fsp3) is 0.250. The average Bonchev–Trinajstić information content (AvgIpc) is 2.16. The molecular formula is C8H7ClN2O3. The first-order valence-electron chi connectivity index (χ1n) is 3.77. The molecule has 0 fully saturated rings. The van der Waals surface area contributed by atoms with Crippen LogP contribution in [-0.4, -0.2) is 15.7 Å². The molecule has 0 saturated carbocycles. The third kappa shape index (κ3) is 2.26. The summed E-state index contributed by atoms with van der Waals surface area (Å²) in [6.07, 6.45) is 0. The molecule has 0 aliphatic rings. The van der Waals surface area contributed by atoms with Gasteiger partial charge in [-0.3, -0.25) is 4.79 Å². The number of aromatic nitrogens is 1. The maximum atomic E-state index is 11.0. The Labute approximate surface area is 84.9 Å². The smallest absolute Gasteiger partial charge is 0.358 e. The zero-order valence-corrected chi connectivity index (χ0v) is 8.11. The molecule has 0 unspecified atom stereocenters. The van der Waals surface area contributed by atoms with Gasteiger partial charge in [-0.15, -0.1) is 11.6 Å². The van der Waals surface area contributed by atoms with Crippen molar-refractivity contribution in [3.05, 3.63) is 33.5 Å². The van der Waals surface area contributed by atoms with Gasteiger partial charge in [0.15, 0.2) is 11.5 Å². The molecule has 5 nitrogen and oxygen atoms in total. The van der Waals surface area contributed by atoms with Crippen LogP contribution in [0.4, 0.5) is 5.82 Å². The molecule has 74 valence electrons. The summed E-state index contributed by atoms with van der Waals surface area (Å²) in [4.78, 5) is 24.4. The van der Waals surface area contributed by atoms with Gasteiger partial charge in [-0.25, -0.2) is 0 Å². The summed E-state index contributed by atoms with van der Waals surface area (Å²) in [5.74, 6) is -0.558. The fourth-order valence-electron chi connectivity index (χ4n) is 0.937. The Morgan fingerprint density at radius 2 is 2.29 bits per heavy atom. The lowest BCUT2D eigenvalue weighted by Gasteiger charge is -1.97. The number of nitrogens with zero attached hydrogens (tertiary/aromatic N) is 2. The lowest BCUT2D eigenvalue weighted by Crippen LogP contribution is -2.00. The van der Waals surface area contributed by atoms with Gasteiger partial charge in [-0.2, -0.15) is 0 Å². The van der Waals surface area contributed by atoms with Gasteiger partial charge in [-0.05, 0) is 22.9 Å². The van der Waals surface area contributed by atoms with Crippen molar-refractivity contribution < 1.29 is 9.72 Å². The van der Waals surface area contributed by atoms with E-state index in [9.17, 15) is 14.9 Å². The van der Waals surface area contributed by atoms with E-state index in [1.807, 2.05) is 0 Å². The van der Waals surface area contributed by atoms with E-state index in [0.29, 0.717) is 5.69 Å². The lowest BCUT2D eigenvalue weighted by molar-refractivity contribution is -0.389. The molecule has 1 rings (SSSR count). The summed E-state index contributed by atoms with van der Waals surface area (Å²) in [7, 11) is 0. The van der Waals surface area contributed by atoms with Crippen LogP contribution in [0.15, 0.2) is 12.1 Å². The van der Waals surface area contributed by atoms with Gasteiger partial charge in [0.05, 0.1) is 5.88 Å². The van der Waals surface area contributed by atoms with Gasteiger partial charge in [0.25, 0.3) is 0 Å². The minimum absolute atomic E-state index is 0.0436. The summed E-state index contributed by atoms with van der Waals surface area (Å²) in [5, 5.41) is 10.4. The predicted octanol–water partition coefficient (Wildman–Crippen LogP) is 1.93. The molecule has 1 aromatic heterocycles. The van der Waals surface area contributed by atoms with Crippen LogP contribution >= 0.6 is 11.6 Å². The Kier molecular flexibility index (Phi) is 3.14. The van der Waals surface area contributed by atoms with Gasteiger partial charge < -0.3 is 10.1 Å². The first-order chi connectivity index (χ1) is 6.54. The maximum absolute atomic E-state index is 11.0. The van der Waals surface area contributed by atoms with Crippen molar-refractivity contribution in [1.82, 2.24) is 4.98 Å². The van der Waals surface area contributed by atoms with Crippen LogP contribution in [-0.2, 0) is 5.88 Å². The van der Waals surface area contributed by atoms with Crippen LogP contribution < -0.4 is 0 Å². The van der Waals surface area contributed by atoms with Crippen molar-refractivity contribution in [1.29, 1.82) is 0 Å². The Morgan fingerprint density at radius 1 is 1.64 bits per heavy atom. The van der Waals surface area contributed by atoms with E-state index in [1.165, 1.54) is 13.0 Å². The second kappa shape index (κ2) is 4.15. The Morgan fingerprint density at radius 3 is 2.71 bits per heavy atom. The molecule has 1 aromatic rings. The number of hydrogen-bond donors (Lipinski definition) is 0. The van der Waals surface area contributed by atoms with Crippen molar-refractivity contribution in [2.45, 2.75) is 12.8 Å². The molecule has 0 N–H and O–H groups in total. The number of halogens is 1. The Bertz CT molecular complexity index is 360. The highest BCUT2D eigenvalue weighted by molar-refractivity contribution is 6.17. The topological polar surface area (TPSA) is 73.1 Å². The molecule has 0 aliphatic heterocycles. The van der Waals surface area contributed by atoms with Crippen LogP contribution in [0, 0.1) is 10.1 Å². The second-order valence-electron chi connectivity index (χ2n) is 2.65. The highest BCUT2D eigenvalue weighted by atomic mass is 35.5. The third-order valence-electron chi connectivity index (χ3n) is 1.60. The summed E-state index contributed by atoms with van der Waals surface area (Å²) in [5.41, 5.74) is 0.577. The van der Waals surface area contributed by atoms with E-state index in [-0.39, 0.29) is 23.0 Å². The molecule has 0 atom stereocenters. The first-order valence-corrected chi connectivity index (χ1v) is 4.30. The predicted molar refractivity (Wildman–Crippen MR) is 50.5 cm³/mol. The molecule has 0 aliphatic carbocycles. The number of Topliss-reactive ketones (excluding diaryl/α,β-unsaturated/α-hetero) is 1. The monoisotopic (exact) mass is 214 g/mol. The molecular weight excluding hydrogens is 208 g/mol. The van der Waals surface area contributed by atoms with E-state index in [0.717, 1.165) is 6.07 Å². The molecule has 0 amide bonds. The van der Waals surface area contributed by atoms with E-state index >= 15 is 0 Å². The van der Waals surface area contributed by atoms with Crippen LogP contribution in [0.1, 0.15) is 23.0 Å². The van der Waals surface area contributed by atoms with Crippen LogP contribution in [0.25, 0.3) is 0 Å². The minimum atomic E-state index is -0.650. The highest BCUT2D eigenvalue weighted by Crippen LogP contribution is 2.14. The third-order valence-corrected chi connectivity index (χ3v) is 1.87. The zero-order chi connectivity index (χ0) is 10.7. The number of nitro groups is 1. The Balaban J connectivity index is 3.27. The SMILES string of the molecule is CC(=O)c1cc(CCl)nc([N+](=O)[O-])c1. The summed E-state index contributed by atoms with van der Waals surface area (Å²) >= 11 is 5.48. The van der Waals surface area contributed by atoms with Crippen molar-refractivity contribution in [3.8, 4) is 0 Å². The molecule has 0 saturated heterocycles. The standard InChI is InChI=1S/C8H7ClN2O3/c1-5(12)6-2-7(4-9)10-8(3-6)11(13)14/h2-3H,4H2,1H3. The van der Waals surface area contributed by atoms with Gasteiger partial charge in [-0.1, -0.05) is 0 Å². The largest absolute Gasteiger partial charge is 0.364 e. The molecule has 0 bridgehead atoms. The normalized spacial score (nSPS) is 9.86. The van der Waals surface area contributed by atoms with E-state index in [4.69, 9.17) is 11.6 Å². The van der Waals surface area contributed by atoms with Gasteiger partial charge in [0, 0.05) is 11.6 Å². The number of alkyl halides is 1. The quantitative estimate of drug-likeness (QED) is 0.334. The molecule has 0 spiro atoms. The average molecular weight is 215 g/mol. The number of pyridine rings is 1. The second-order valence-corrected chi connectivity index (χ2v) is 2.92. The zero-order valence-electron chi connectivity index (χ0n) is 7.36. The van der Waals surface area contributed by atoms with Gasteiger partial charge in [0.1, 0.15) is 0 Å². The van der Waals surface area contributed by atoms with Crippen molar-refractivity contribution >= 4 is 23.2 Å². The van der Waals surface area contributed by atoms with Gasteiger partial charge in [0.2, 0.25) is 0 Å². The molecule has 0 radical (unpaired) electrons. The van der Waals surface area contributed by atoms with E-state index in [1.54, 1.807) is 0 Å². The highest BCUT2D eigenvalue weighted by Gasteiger charge is 2.14. The molecule has 0 aromatic carbocycles. The number of rotatable bonds is 3. The van der Waals surface area contributed by atoms with Gasteiger partial charge >= 0.3 is 5.82 Å². The number of carbonyl (C=O) groups is 1. The van der Waals surface area contributed by atoms with Crippen molar-refractivity contribution in [3.63, 3.8) is 0 Å². The van der Waals surface area contributed by atoms with E-state index < -0.39 is 4.92 Å². The Hall–Kier alpha value is -1.49. The first kappa shape index (κ1) is 10.6. The van der Waals surface area contributed by atoms with Crippen molar-refractivity contribution in [2.75, 3.05) is 0 Å². The lowest BCUT2D eigenvalue weighted by atomic mass is 10.1. The molecule has 6 heteroatoms. The molecule has 1 heterocycles. The summed E-state index contributed by atoms with van der Waals surface area (Å²) < 4.78 is 0. The number of ketones is 1. The van der Waals surface area contributed by atoms with E-state index in [2.05, 4.69) is 4.98 Å². The molecule has 14 heavy (non-hydrogen) atoms. The number of carbonyl (C=O) groups excluding carboxylic acids is 1. The van der Waals surface area contributed by atoms with Crippen LogP contribution in [0.2, 0.25) is 0 Å². The van der Waals surface area contributed by atoms with Crippen LogP contribution in [0.3, 0.4) is 0 Å².